The number of anilines is 1. The molecule has 0 aromatic heterocycles. The summed E-state index contributed by atoms with van der Waals surface area (Å²) in [7, 11) is 0. The van der Waals surface area contributed by atoms with Crippen molar-refractivity contribution < 1.29 is 9.53 Å². The van der Waals surface area contributed by atoms with Gasteiger partial charge in [-0.05, 0) is 36.1 Å². The van der Waals surface area contributed by atoms with Gasteiger partial charge in [-0.2, -0.15) is 0 Å². The highest BCUT2D eigenvalue weighted by atomic mass is 16.5. The van der Waals surface area contributed by atoms with Gasteiger partial charge >= 0.3 is 0 Å². The normalized spacial score (nSPS) is 11.0. The molecule has 0 radical (unpaired) electrons. The van der Waals surface area contributed by atoms with Crippen molar-refractivity contribution >= 4 is 11.6 Å². The van der Waals surface area contributed by atoms with E-state index < -0.39 is 0 Å². The van der Waals surface area contributed by atoms with Crippen LogP contribution in [0.3, 0.4) is 0 Å². The Balaban J connectivity index is 2.43. The highest BCUT2D eigenvalue weighted by Gasteiger charge is 2.16. The van der Waals surface area contributed by atoms with E-state index in [0.29, 0.717) is 30.6 Å². The molecule has 118 valence electrons. The molecule has 1 rings (SSSR count). The Morgan fingerprint density at radius 3 is 2.10 bits per heavy atom. The van der Waals surface area contributed by atoms with Gasteiger partial charge in [0.05, 0.1) is 13.0 Å². The molecule has 0 fully saturated rings. The number of carbonyl (C=O) groups excluding carboxylic acids is 1. The zero-order chi connectivity index (χ0) is 15.8. The first-order chi connectivity index (χ1) is 9.88. The summed E-state index contributed by atoms with van der Waals surface area (Å²) < 4.78 is 5.59. The van der Waals surface area contributed by atoms with E-state index in [1.807, 2.05) is 17.0 Å². The Morgan fingerprint density at radius 1 is 1.10 bits per heavy atom. The standard InChI is InChI=1S/C17H28N2O2/c1-13(2)11-19(12-14(3)4)17(20)9-10-21-16-7-5-15(18)6-8-16/h5-8,13-14H,9-12,18H2,1-4H3. The van der Waals surface area contributed by atoms with Gasteiger partial charge in [0, 0.05) is 18.8 Å². The zero-order valence-electron chi connectivity index (χ0n) is 13.6. The average molecular weight is 292 g/mol. The van der Waals surface area contributed by atoms with E-state index in [1.54, 1.807) is 12.1 Å². The van der Waals surface area contributed by atoms with E-state index in [2.05, 4.69) is 27.7 Å². The second kappa shape index (κ2) is 8.55. The van der Waals surface area contributed by atoms with Crippen LogP contribution in [0.2, 0.25) is 0 Å². The van der Waals surface area contributed by atoms with E-state index in [-0.39, 0.29) is 5.91 Å². The molecule has 0 atom stereocenters. The van der Waals surface area contributed by atoms with Crippen molar-refractivity contribution in [1.29, 1.82) is 0 Å². The molecule has 1 aromatic rings. The first-order valence-corrected chi connectivity index (χ1v) is 7.64. The largest absolute Gasteiger partial charge is 0.493 e. The molecule has 21 heavy (non-hydrogen) atoms. The molecular weight excluding hydrogens is 264 g/mol. The van der Waals surface area contributed by atoms with Crippen LogP contribution in [0.15, 0.2) is 24.3 Å². The lowest BCUT2D eigenvalue weighted by molar-refractivity contribution is -0.132. The third-order valence-corrected chi connectivity index (χ3v) is 2.99. The summed E-state index contributed by atoms with van der Waals surface area (Å²) in [6.45, 7) is 10.5. The first-order valence-electron chi connectivity index (χ1n) is 7.64. The molecule has 0 heterocycles. The Labute approximate surface area is 128 Å². The lowest BCUT2D eigenvalue weighted by atomic mass is 10.1. The van der Waals surface area contributed by atoms with Crippen LogP contribution in [-0.4, -0.2) is 30.5 Å². The van der Waals surface area contributed by atoms with E-state index in [1.165, 1.54) is 0 Å². The average Bonchev–Trinajstić information content (AvgIpc) is 2.39. The maximum absolute atomic E-state index is 12.3. The molecule has 2 N–H and O–H groups in total. The second-order valence-corrected chi connectivity index (χ2v) is 6.25. The van der Waals surface area contributed by atoms with Crippen molar-refractivity contribution in [3.63, 3.8) is 0 Å². The lowest BCUT2D eigenvalue weighted by Gasteiger charge is -2.26. The number of hydrogen-bond donors (Lipinski definition) is 1. The third kappa shape index (κ3) is 7.02. The molecule has 0 spiro atoms. The van der Waals surface area contributed by atoms with E-state index in [0.717, 1.165) is 18.8 Å². The molecule has 0 saturated heterocycles. The number of nitrogen functional groups attached to an aromatic ring is 1. The molecule has 0 aliphatic rings. The van der Waals surface area contributed by atoms with Gasteiger partial charge in [-0.15, -0.1) is 0 Å². The molecule has 0 unspecified atom stereocenters. The molecular formula is C17H28N2O2. The van der Waals surface area contributed by atoms with Crippen LogP contribution in [0.5, 0.6) is 5.75 Å². The molecule has 0 aliphatic carbocycles. The van der Waals surface area contributed by atoms with Gasteiger partial charge in [-0.25, -0.2) is 0 Å². The van der Waals surface area contributed by atoms with Crippen LogP contribution in [0, 0.1) is 11.8 Å². The number of nitrogens with zero attached hydrogens (tertiary/aromatic N) is 1. The van der Waals surface area contributed by atoms with Crippen molar-refractivity contribution in [2.45, 2.75) is 34.1 Å². The Kier molecular flexibility index (Phi) is 7.06. The number of ether oxygens (including phenoxy) is 1. The summed E-state index contributed by atoms with van der Waals surface area (Å²) in [5.41, 5.74) is 6.33. The number of amides is 1. The third-order valence-electron chi connectivity index (χ3n) is 2.99. The van der Waals surface area contributed by atoms with Crippen molar-refractivity contribution in [1.82, 2.24) is 4.90 Å². The Hall–Kier alpha value is -1.71. The van der Waals surface area contributed by atoms with Crippen LogP contribution in [0.1, 0.15) is 34.1 Å². The van der Waals surface area contributed by atoms with Gasteiger partial charge in [-0.3, -0.25) is 4.79 Å². The summed E-state index contributed by atoms with van der Waals surface area (Å²) in [5.74, 6) is 1.86. The maximum Gasteiger partial charge on any atom is 0.226 e. The van der Waals surface area contributed by atoms with Crippen molar-refractivity contribution in [2.75, 3.05) is 25.4 Å². The van der Waals surface area contributed by atoms with Crippen molar-refractivity contribution in [3.8, 4) is 5.75 Å². The Bertz CT molecular complexity index is 417. The second-order valence-electron chi connectivity index (χ2n) is 6.25. The van der Waals surface area contributed by atoms with Crippen LogP contribution in [-0.2, 0) is 4.79 Å². The predicted octanol–water partition coefficient (Wildman–Crippen LogP) is 3.18. The molecule has 0 aliphatic heterocycles. The summed E-state index contributed by atoms with van der Waals surface area (Å²) in [6.07, 6.45) is 0.407. The van der Waals surface area contributed by atoms with E-state index in [9.17, 15) is 4.79 Å². The van der Waals surface area contributed by atoms with Crippen LogP contribution >= 0.6 is 0 Å². The number of nitrogens with two attached hydrogens (primary N) is 1. The van der Waals surface area contributed by atoms with Gasteiger partial charge < -0.3 is 15.4 Å². The number of hydrogen-bond acceptors (Lipinski definition) is 3. The monoisotopic (exact) mass is 292 g/mol. The highest BCUT2D eigenvalue weighted by molar-refractivity contribution is 5.76. The summed E-state index contributed by atoms with van der Waals surface area (Å²) >= 11 is 0. The van der Waals surface area contributed by atoms with Crippen LogP contribution in [0.25, 0.3) is 0 Å². The SMILES string of the molecule is CC(C)CN(CC(C)C)C(=O)CCOc1ccc(N)cc1. The molecule has 4 nitrogen and oxygen atoms in total. The molecule has 1 aromatic carbocycles. The van der Waals surface area contributed by atoms with E-state index in [4.69, 9.17) is 10.5 Å². The number of benzene rings is 1. The molecule has 1 amide bonds. The minimum Gasteiger partial charge on any atom is -0.493 e. The minimum atomic E-state index is 0.160. The van der Waals surface area contributed by atoms with Gasteiger partial charge in [0.2, 0.25) is 5.91 Å². The van der Waals surface area contributed by atoms with Gasteiger partial charge in [-0.1, -0.05) is 27.7 Å². The Morgan fingerprint density at radius 2 is 1.62 bits per heavy atom. The quantitative estimate of drug-likeness (QED) is 0.749. The summed E-state index contributed by atoms with van der Waals surface area (Å²) in [6, 6.07) is 7.22. The van der Waals surface area contributed by atoms with Crippen LogP contribution < -0.4 is 10.5 Å². The topological polar surface area (TPSA) is 55.6 Å². The van der Waals surface area contributed by atoms with Gasteiger partial charge in [0.25, 0.3) is 0 Å². The first kappa shape index (κ1) is 17.3. The van der Waals surface area contributed by atoms with Crippen LogP contribution in [0.4, 0.5) is 5.69 Å². The number of carbonyl (C=O) groups is 1. The molecule has 0 saturated carbocycles. The molecule has 4 heteroatoms. The van der Waals surface area contributed by atoms with Crippen molar-refractivity contribution in [2.24, 2.45) is 11.8 Å². The number of rotatable bonds is 8. The fourth-order valence-corrected chi connectivity index (χ4v) is 2.14. The summed E-state index contributed by atoms with van der Waals surface area (Å²) in [5, 5.41) is 0. The fourth-order valence-electron chi connectivity index (χ4n) is 2.14. The van der Waals surface area contributed by atoms with Crippen molar-refractivity contribution in [3.05, 3.63) is 24.3 Å². The predicted molar refractivity (Wildman–Crippen MR) is 87.2 cm³/mol. The van der Waals surface area contributed by atoms with Gasteiger partial charge in [0.1, 0.15) is 5.75 Å². The summed E-state index contributed by atoms with van der Waals surface area (Å²) in [4.78, 5) is 14.2. The zero-order valence-corrected chi connectivity index (χ0v) is 13.6. The minimum absolute atomic E-state index is 0.160. The van der Waals surface area contributed by atoms with E-state index >= 15 is 0 Å². The fraction of sp³-hybridized carbons (Fsp3) is 0.588. The smallest absolute Gasteiger partial charge is 0.226 e. The maximum atomic E-state index is 12.3. The lowest BCUT2D eigenvalue weighted by Crippen LogP contribution is -2.37. The molecule has 0 bridgehead atoms. The van der Waals surface area contributed by atoms with Gasteiger partial charge in [0.15, 0.2) is 0 Å². The highest BCUT2D eigenvalue weighted by Crippen LogP contribution is 2.13.